The van der Waals surface area contributed by atoms with E-state index in [1.54, 1.807) is 0 Å². The highest BCUT2D eigenvalue weighted by atomic mass is 14.5. The molecule has 0 aliphatic rings. The molecule has 0 heterocycles. The maximum Gasteiger partial charge on any atom is -0.00489 e. The summed E-state index contributed by atoms with van der Waals surface area (Å²) in [4.78, 5) is 0. The van der Waals surface area contributed by atoms with Crippen LogP contribution in [0.1, 0.15) is 155 Å². The molecule has 2 unspecified atom stereocenters. The Labute approximate surface area is 191 Å². The van der Waals surface area contributed by atoms with Crippen molar-refractivity contribution in [3.05, 3.63) is 0 Å². The first kappa shape index (κ1) is 29.9. The van der Waals surface area contributed by atoms with Crippen LogP contribution in [0, 0.1) is 11.8 Å². The number of unbranched alkanes of at least 4 members (excludes halogenated alkanes) is 15. The second-order valence-corrected chi connectivity index (χ2v) is 10.0. The van der Waals surface area contributed by atoms with Crippen molar-refractivity contribution in [2.75, 3.05) is 13.1 Å². The number of hydrogen-bond acceptors (Lipinski definition) is 2. The van der Waals surface area contributed by atoms with Crippen molar-refractivity contribution in [2.45, 2.75) is 155 Å². The zero-order valence-electron chi connectivity index (χ0n) is 21.3. The van der Waals surface area contributed by atoms with E-state index in [2.05, 4.69) is 13.8 Å². The summed E-state index contributed by atoms with van der Waals surface area (Å²) in [6, 6.07) is 0. The second-order valence-electron chi connectivity index (χ2n) is 10.0. The van der Waals surface area contributed by atoms with E-state index >= 15 is 0 Å². The van der Waals surface area contributed by atoms with E-state index in [0.717, 1.165) is 24.9 Å². The van der Waals surface area contributed by atoms with Gasteiger partial charge in [0.15, 0.2) is 0 Å². The smallest absolute Gasteiger partial charge is 0.00489 e. The predicted molar refractivity (Wildman–Crippen MR) is 138 cm³/mol. The third-order valence-electron chi connectivity index (χ3n) is 7.07. The molecule has 2 atom stereocenters. The molecule has 4 N–H and O–H groups in total. The van der Waals surface area contributed by atoms with E-state index in [0.29, 0.717) is 0 Å². The van der Waals surface area contributed by atoms with Crippen LogP contribution in [0.4, 0.5) is 0 Å². The maximum atomic E-state index is 6.05. The molecule has 0 aliphatic heterocycles. The van der Waals surface area contributed by atoms with Crippen molar-refractivity contribution in [3.8, 4) is 0 Å². The Morgan fingerprint density at radius 3 is 0.867 bits per heavy atom. The zero-order valence-corrected chi connectivity index (χ0v) is 21.3. The van der Waals surface area contributed by atoms with Gasteiger partial charge < -0.3 is 11.5 Å². The van der Waals surface area contributed by atoms with E-state index in [9.17, 15) is 0 Å². The van der Waals surface area contributed by atoms with Crippen LogP contribution in [0.2, 0.25) is 0 Å². The van der Waals surface area contributed by atoms with E-state index in [1.165, 1.54) is 141 Å². The Morgan fingerprint density at radius 1 is 0.367 bits per heavy atom. The van der Waals surface area contributed by atoms with Gasteiger partial charge in [0, 0.05) is 0 Å². The first-order chi connectivity index (χ1) is 14.8. The van der Waals surface area contributed by atoms with Crippen LogP contribution in [0.5, 0.6) is 0 Å². The Hall–Kier alpha value is -0.0800. The number of hydrogen-bond donors (Lipinski definition) is 2. The molecular formula is C28H60N2. The lowest BCUT2D eigenvalue weighted by molar-refractivity contribution is 0.379. The SMILES string of the molecule is CCCCCCCCCCC(CN)CCCCC(CN)CCCCCCCCCC. The van der Waals surface area contributed by atoms with Gasteiger partial charge in [-0.3, -0.25) is 0 Å². The third-order valence-corrected chi connectivity index (χ3v) is 7.07. The van der Waals surface area contributed by atoms with Gasteiger partial charge in [0.2, 0.25) is 0 Å². The monoisotopic (exact) mass is 424 g/mol. The standard InChI is InChI=1S/C28H60N2/c1-3-5-7-9-11-13-15-17-21-27(25-29)23-19-20-24-28(26-30)22-18-16-14-12-10-8-6-4-2/h27-28H,3-26,29-30H2,1-2H3. The first-order valence-electron chi connectivity index (χ1n) is 14.2. The van der Waals surface area contributed by atoms with Gasteiger partial charge in [0.1, 0.15) is 0 Å². The third kappa shape index (κ3) is 21.2. The van der Waals surface area contributed by atoms with Gasteiger partial charge in [0.25, 0.3) is 0 Å². The normalized spacial score (nSPS) is 13.6. The second kappa shape index (κ2) is 25.2. The minimum atomic E-state index is 0.758. The molecule has 0 aromatic carbocycles. The lowest BCUT2D eigenvalue weighted by Crippen LogP contribution is -2.16. The molecule has 0 spiro atoms. The van der Waals surface area contributed by atoms with Crippen LogP contribution in [0.25, 0.3) is 0 Å². The Balaban J connectivity index is 3.56. The van der Waals surface area contributed by atoms with Crippen molar-refractivity contribution < 1.29 is 0 Å². The average molecular weight is 425 g/mol. The van der Waals surface area contributed by atoms with Crippen LogP contribution in [-0.4, -0.2) is 13.1 Å². The van der Waals surface area contributed by atoms with E-state index in [1.807, 2.05) is 0 Å². The summed E-state index contributed by atoms with van der Waals surface area (Å²) in [5.41, 5.74) is 12.1. The summed E-state index contributed by atoms with van der Waals surface area (Å²) < 4.78 is 0. The quantitative estimate of drug-likeness (QED) is 0.144. The molecule has 0 aliphatic carbocycles. The van der Waals surface area contributed by atoms with E-state index < -0.39 is 0 Å². The summed E-state index contributed by atoms with van der Waals surface area (Å²) in [5, 5.41) is 0. The number of nitrogens with two attached hydrogens (primary N) is 2. The fourth-order valence-corrected chi connectivity index (χ4v) is 4.76. The molecule has 30 heavy (non-hydrogen) atoms. The Bertz CT molecular complexity index is 275. The summed E-state index contributed by atoms with van der Waals surface area (Å²) >= 11 is 0. The molecule has 0 bridgehead atoms. The predicted octanol–water partition coefficient (Wildman–Crippen LogP) is 8.76. The number of rotatable bonds is 25. The molecule has 182 valence electrons. The first-order valence-corrected chi connectivity index (χ1v) is 14.2. The molecule has 2 heteroatoms. The topological polar surface area (TPSA) is 52.0 Å². The molecule has 0 rings (SSSR count). The van der Waals surface area contributed by atoms with Gasteiger partial charge in [0.05, 0.1) is 0 Å². The summed E-state index contributed by atoms with van der Waals surface area (Å²) in [7, 11) is 0. The summed E-state index contributed by atoms with van der Waals surface area (Å²) in [6.45, 7) is 6.35. The van der Waals surface area contributed by atoms with Crippen LogP contribution in [-0.2, 0) is 0 Å². The van der Waals surface area contributed by atoms with Crippen LogP contribution in [0.15, 0.2) is 0 Å². The van der Waals surface area contributed by atoms with Gasteiger partial charge in [-0.1, -0.05) is 129 Å². The van der Waals surface area contributed by atoms with Crippen molar-refractivity contribution >= 4 is 0 Å². The molecule has 0 amide bonds. The van der Waals surface area contributed by atoms with Crippen LogP contribution >= 0.6 is 0 Å². The van der Waals surface area contributed by atoms with E-state index in [-0.39, 0.29) is 0 Å². The molecule has 0 radical (unpaired) electrons. The molecular weight excluding hydrogens is 364 g/mol. The highest BCUT2D eigenvalue weighted by molar-refractivity contribution is 4.65. The highest BCUT2D eigenvalue weighted by Gasteiger charge is 2.09. The molecule has 0 fully saturated rings. The van der Waals surface area contributed by atoms with E-state index in [4.69, 9.17) is 11.5 Å². The highest BCUT2D eigenvalue weighted by Crippen LogP contribution is 2.21. The Kier molecular flexibility index (Phi) is 25.1. The van der Waals surface area contributed by atoms with Crippen LogP contribution < -0.4 is 11.5 Å². The van der Waals surface area contributed by atoms with Gasteiger partial charge in [-0.2, -0.15) is 0 Å². The van der Waals surface area contributed by atoms with Gasteiger partial charge in [-0.25, -0.2) is 0 Å². The fraction of sp³-hybridized carbons (Fsp3) is 1.00. The minimum absolute atomic E-state index is 0.758. The van der Waals surface area contributed by atoms with Gasteiger partial charge in [-0.15, -0.1) is 0 Å². The molecule has 0 aromatic heterocycles. The molecule has 2 nitrogen and oxygen atoms in total. The zero-order chi connectivity index (χ0) is 22.1. The van der Waals surface area contributed by atoms with Crippen molar-refractivity contribution in [2.24, 2.45) is 23.3 Å². The minimum Gasteiger partial charge on any atom is -0.330 e. The van der Waals surface area contributed by atoms with Crippen LogP contribution in [0.3, 0.4) is 0 Å². The molecule has 0 aromatic rings. The summed E-state index contributed by atoms with van der Waals surface area (Å²) in [5.74, 6) is 1.52. The Morgan fingerprint density at radius 2 is 0.600 bits per heavy atom. The van der Waals surface area contributed by atoms with Gasteiger partial charge in [-0.05, 0) is 50.6 Å². The molecule has 0 saturated heterocycles. The largest absolute Gasteiger partial charge is 0.330 e. The lowest BCUT2D eigenvalue weighted by atomic mass is 9.91. The van der Waals surface area contributed by atoms with Gasteiger partial charge >= 0.3 is 0 Å². The summed E-state index contributed by atoms with van der Waals surface area (Å²) in [6.07, 6.45) is 30.7. The van der Waals surface area contributed by atoms with Crippen molar-refractivity contribution in [1.82, 2.24) is 0 Å². The average Bonchev–Trinajstić information content (AvgIpc) is 2.77. The lowest BCUT2D eigenvalue weighted by Gasteiger charge is -2.17. The maximum absolute atomic E-state index is 6.05. The van der Waals surface area contributed by atoms with Crippen molar-refractivity contribution in [3.63, 3.8) is 0 Å². The van der Waals surface area contributed by atoms with Crippen molar-refractivity contribution in [1.29, 1.82) is 0 Å². The molecule has 0 saturated carbocycles. The fourth-order valence-electron chi connectivity index (χ4n) is 4.76.